The molecular weight excluding hydrogens is 167 g/mol. The Hall–Kier alpha value is 0.0100. The summed E-state index contributed by atoms with van der Waals surface area (Å²) in [4.78, 5) is 10.9. The fourth-order valence-corrected chi connectivity index (χ4v) is 0.755. The molecule has 0 spiro atoms. The molecule has 0 bridgehead atoms. The van der Waals surface area contributed by atoms with E-state index in [-0.39, 0.29) is 40.9 Å². The van der Waals surface area contributed by atoms with E-state index in [0.717, 1.165) is 0 Å². The van der Waals surface area contributed by atoms with Crippen LogP contribution in [0, 0.1) is 0 Å². The SMILES string of the molecule is CCOC(=O)/C(CC)=C(\C)[O-].[Na+]. The van der Waals surface area contributed by atoms with Crippen LogP contribution in [0.2, 0.25) is 0 Å². The van der Waals surface area contributed by atoms with Gasteiger partial charge in [0.1, 0.15) is 0 Å². The van der Waals surface area contributed by atoms with Gasteiger partial charge in [0.25, 0.3) is 0 Å². The molecule has 0 atom stereocenters. The minimum atomic E-state index is -0.484. The van der Waals surface area contributed by atoms with Gasteiger partial charge in [0.2, 0.25) is 0 Å². The summed E-state index contributed by atoms with van der Waals surface area (Å²) in [5.74, 6) is -0.687. The van der Waals surface area contributed by atoms with Gasteiger partial charge in [-0.15, -0.1) is 5.76 Å². The van der Waals surface area contributed by atoms with Crippen LogP contribution in [0.15, 0.2) is 11.3 Å². The number of rotatable bonds is 3. The van der Waals surface area contributed by atoms with Gasteiger partial charge in [0, 0.05) is 5.57 Å². The molecule has 0 aliphatic heterocycles. The van der Waals surface area contributed by atoms with E-state index in [0.29, 0.717) is 13.0 Å². The summed E-state index contributed by atoms with van der Waals surface area (Å²) in [6, 6.07) is 0. The normalized spacial score (nSPS) is 11.2. The Morgan fingerprint density at radius 3 is 2.17 bits per heavy atom. The molecule has 0 aromatic carbocycles. The van der Waals surface area contributed by atoms with Crippen molar-refractivity contribution in [3.8, 4) is 0 Å². The van der Waals surface area contributed by atoms with E-state index >= 15 is 0 Å². The predicted molar refractivity (Wildman–Crippen MR) is 39.6 cm³/mol. The quantitative estimate of drug-likeness (QED) is 0.210. The maximum atomic E-state index is 10.9. The fourth-order valence-electron chi connectivity index (χ4n) is 0.755. The van der Waals surface area contributed by atoms with Crippen LogP contribution in [0.5, 0.6) is 0 Å². The number of carbonyl (C=O) groups is 1. The molecule has 0 amide bonds. The molecule has 0 rings (SSSR count). The molecule has 0 unspecified atom stereocenters. The molecular formula is C8H13NaO3. The molecule has 12 heavy (non-hydrogen) atoms. The fraction of sp³-hybridized carbons (Fsp3) is 0.625. The number of hydrogen-bond donors (Lipinski definition) is 0. The van der Waals surface area contributed by atoms with E-state index < -0.39 is 5.97 Å². The number of ether oxygens (including phenoxy) is 1. The van der Waals surface area contributed by atoms with Crippen molar-refractivity contribution >= 4 is 5.97 Å². The third kappa shape index (κ3) is 4.80. The first-order valence-corrected chi connectivity index (χ1v) is 3.67. The van der Waals surface area contributed by atoms with E-state index in [1.165, 1.54) is 6.92 Å². The van der Waals surface area contributed by atoms with Crippen molar-refractivity contribution in [3.63, 3.8) is 0 Å². The minimum Gasteiger partial charge on any atom is -0.875 e. The van der Waals surface area contributed by atoms with Crippen LogP contribution in [0.1, 0.15) is 27.2 Å². The van der Waals surface area contributed by atoms with Gasteiger partial charge in [-0.05, 0) is 13.3 Å². The molecule has 3 nitrogen and oxygen atoms in total. The van der Waals surface area contributed by atoms with Crippen LogP contribution in [0.4, 0.5) is 0 Å². The summed E-state index contributed by atoms with van der Waals surface area (Å²) in [7, 11) is 0. The second-order valence-electron chi connectivity index (χ2n) is 2.11. The summed E-state index contributed by atoms with van der Waals surface area (Å²) in [5.41, 5.74) is 0.242. The van der Waals surface area contributed by atoms with Gasteiger partial charge in [-0.2, -0.15) is 0 Å². The number of allylic oxidation sites excluding steroid dienone is 1. The van der Waals surface area contributed by atoms with E-state index in [9.17, 15) is 9.90 Å². The van der Waals surface area contributed by atoms with E-state index in [1.807, 2.05) is 0 Å². The molecule has 0 aromatic rings. The summed E-state index contributed by atoms with van der Waals surface area (Å²) < 4.78 is 4.66. The Kier molecular flexibility index (Phi) is 9.26. The van der Waals surface area contributed by atoms with Gasteiger partial charge >= 0.3 is 35.5 Å². The molecule has 0 saturated carbocycles. The molecule has 0 radical (unpaired) electrons. The number of esters is 1. The Morgan fingerprint density at radius 2 is 1.92 bits per heavy atom. The van der Waals surface area contributed by atoms with Crippen molar-refractivity contribution in [2.24, 2.45) is 0 Å². The maximum absolute atomic E-state index is 10.9. The van der Waals surface area contributed by atoms with Gasteiger partial charge in [-0.1, -0.05) is 13.8 Å². The zero-order valence-electron chi connectivity index (χ0n) is 8.14. The van der Waals surface area contributed by atoms with Gasteiger partial charge < -0.3 is 9.84 Å². The number of hydrogen-bond acceptors (Lipinski definition) is 3. The third-order valence-electron chi connectivity index (χ3n) is 1.30. The van der Waals surface area contributed by atoms with Crippen molar-refractivity contribution in [2.75, 3.05) is 6.61 Å². The molecule has 64 valence electrons. The summed E-state index contributed by atoms with van der Waals surface area (Å²) in [5, 5.41) is 10.8. The summed E-state index contributed by atoms with van der Waals surface area (Å²) in [6.45, 7) is 5.16. The Morgan fingerprint density at radius 1 is 1.42 bits per heavy atom. The third-order valence-corrected chi connectivity index (χ3v) is 1.30. The molecule has 0 fully saturated rings. The Bertz CT molecular complexity index is 171. The van der Waals surface area contributed by atoms with Gasteiger partial charge in [0.15, 0.2) is 0 Å². The molecule has 4 heteroatoms. The standard InChI is InChI=1S/C8H14O3.Na/c1-4-7(6(3)9)8(10)11-5-2;/h9H,4-5H2,1-3H3;/q;+1/p-1/b7-6+;. The second-order valence-corrected chi connectivity index (χ2v) is 2.11. The second kappa shape index (κ2) is 7.65. The molecule has 0 heterocycles. The van der Waals surface area contributed by atoms with Crippen molar-refractivity contribution in [3.05, 3.63) is 11.3 Å². The van der Waals surface area contributed by atoms with Crippen molar-refractivity contribution < 1.29 is 44.2 Å². The first-order valence-electron chi connectivity index (χ1n) is 3.67. The van der Waals surface area contributed by atoms with Crippen LogP contribution in [0.25, 0.3) is 0 Å². The maximum Gasteiger partial charge on any atom is 1.00 e. The van der Waals surface area contributed by atoms with E-state index in [4.69, 9.17) is 0 Å². The molecule has 0 aliphatic rings. The van der Waals surface area contributed by atoms with Crippen LogP contribution in [0.3, 0.4) is 0 Å². The predicted octanol–water partition coefficient (Wildman–Crippen LogP) is -2.40. The Labute approximate surface area is 95.1 Å². The largest absolute Gasteiger partial charge is 1.00 e. The molecule has 0 N–H and O–H groups in total. The Balaban J connectivity index is 0. The van der Waals surface area contributed by atoms with E-state index in [1.54, 1.807) is 13.8 Å². The van der Waals surface area contributed by atoms with Crippen molar-refractivity contribution in [1.82, 2.24) is 0 Å². The summed E-state index contributed by atoms with van der Waals surface area (Å²) >= 11 is 0. The minimum absolute atomic E-state index is 0. The zero-order chi connectivity index (χ0) is 8.85. The topological polar surface area (TPSA) is 49.4 Å². The molecule has 0 aliphatic carbocycles. The van der Waals surface area contributed by atoms with Crippen molar-refractivity contribution in [2.45, 2.75) is 27.2 Å². The van der Waals surface area contributed by atoms with E-state index in [2.05, 4.69) is 4.74 Å². The van der Waals surface area contributed by atoms with Crippen LogP contribution in [-0.4, -0.2) is 12.6 Å². The van der Waals surface area contributed by atoms with Crippen LogP contribution >= 0.6 is 0 Å². The van der Waals surface area contributed by atoms with Gasteiger partial charge in [-0.3, -0.25) is 0 Å². The smallest absolute Gasteiger partial charge is 0.875 e. The van der Waals surface area contributed by atoms with Crippen molar-refractivity contribution in [1.29, 1.82) is 0 Å². The number of carbonyl (C=O) groups excluding carboxylic acids is 1. The van der Waals surface area contributed by atoms with Crippen LogP contribution < -0.4 is 34.7 Å². The average molecular weight is 180 g/mol. The van der Waals surface area contributed by atoms with Crippen LogP contribution in [-0.2, 0) is 9.53 Å². The van der Waals surface area contributed by atoms with Gasteiger partial charge in [-0.25, -0.2) is 4.79 Å². The van der Waals surface area contributed by atoms with Gasteiger partial charge in [0.05, 0.1) is 6.61 Å². The monoisotopic (exact) mass is 180 g/mol. The first kappa shape index (κ1) is 14.5. The first-order chi connectivity index (χ1) is 5.13. The average Bonchev–Trinajstić information content (AvgIpc) is 1.88. The summed E-state index contributed by atoms with van der Waals surface area (Å²) in [6.07, 6.45) is 0.439. The zero-order valence-corrected chi connectivity index (χ0v) is 10.1. The molecule has 0 aromatic heterocycles. The molecule has 0 saturated heterocycles.